The number of carbonyl (C=O) groups excluding carboxylic acids is 1. The summed E-state index contributed by atoms with van der Waals surface area (Å²) in [5.41, 5.74) is 1.98. The topological polar surface area (TPSA) is 34.5 Å². The van der Waals surface area contributed by atoms with Crippen molar-refractivity contribution in [3.05, 3.63) is 95.3 Å². The molecule has 2 unspecified atom stereocenters. The highest BCUT2D eigenvalue weighted by molar-refractivity contribution is 5.83. The van der Waals surface area contributed by atoms with Gasteiger partial charge in [0.1, 0.15) is 0 Å². The van der Waals surface area contributed by atoms with E-state index in [-0.39, 0.29) is 17.7 Å². The molecule has 1 aliphatic carbocycles. The van der Waals surface area contributed by atoms with E-state index in [0.717, 1.165) is 24.6 Å². The normalized spacial score (nSPS) is 17.5. The van der Waals surface area contributed by atoms with Crippen molar-refractivity contribution in [2.45, 2.75) is 38.0 Å². The molecule has 1 aliphatic rings. The summed E-state index contributed by atoms with van der Waals surface area (Å²) in [6.07, 6.45) is -0.967. The Morgan fingerprint density at radius 3 is 2.62 bits per heavy atom. The van der Waals surface area contributed by atoms with Crippen LogP contribution in [0.1, 0.15) is 41.1 Å². The zero-order valence-corrected chi connectivity index (χ0v) is 19.2. The number of methoxy groups -OCH3 is 1. The maximum atomic E-state index is 13.4. The molecule has 7 heteroatoms. The predicted octanol–water partition coefficient (Wildman–Crippen LogP) is 5.72. The van der Waals surface area contributed by atoms with Crippen LogP contribution in [0.4, 0.5) is 13.2 Å². The molecule has 3 aromatic rings. The first-order valence-corrected chi connectivity index (χ1v) is 11.5. The summed E-state index contributed by atoms with van der Waals surface area (Å²) < 4.78 is 46.4. The SMILES string of the molecule is COCCCN(Cc1cccn1Cc1cccc(C(F)(F)F)c1)C(=O)C1CC1c1ccccc1. The maximum Gasteiger partial charge on any atom is 0.416 e. The lowest BCUT2D eigenvalue weighted by molar-refractivity contribution is -0.137. The molecule has 2 aromatic carbocycles. The smallest absolute Gasteiger partial charge is 0.385 e. The second-order valence-electron chi connectivity index (χ2n) is 8.79. The molecule has 34 heavy (non-hydrogen) atoms. The number of aromatic nitrogens is 1. The fraction of sp³-hybridized carbons (Fsp3) is 0.370. The fourth-order valence-corrected chi connectivity index (χ4v) is 4.42. The van der Waals surface area contributed by atoms with Crippen LogP contribution in [0.25, 0.3) is 0 Å². The lowest BCUT2D eigenvalue weighted by atomic mass is 10.1. The number of alkyl halides is 3. The van der Waals surface area contributed by atoms with Gasteiger partial charge >= 0.3 is 6.18 Å². The van der Waals surface area contributed by atoms with Crippen LogP contribution in [0, 0.1) is 5.92 Å². The van der Waals surface area contributed by atoms with Crippen LogP contribution in [0.5, 0.6) is 0 Å². The monoisotopic (exact) mass is 470 g/mol. The van der Waals surface area contributed by atoms with E-state index in [2.05, 4.69) is 12.1 Å². The minimum atomic E-state index is -4.38. The quantitative estimate of drug-likeness (QED) is 0.355. The number of benzene rings is 2. The van der Waals surface area contributed by atoms with E-state index in [9.17, 15) is 18.0 Å². The van der Waals surface area contributed by atoms with Crippen LogP contribution in [0.15, 0.2) is 72.9 Å². The molecule has 0 N–H and O–H groups in total. The van der Waals surface area contributed by atoms with Crippen molar-refractivity contribution in [1.82, 2.24) is 9.47 Å². The van der Waals surface area contributed by atoms with Gasteiger partial charge in [-0.3, -0.25) is 4.79 Å². The van der Waals surface area contributed by atoms with Crippen LogP contribution >= 0.6 is 0 Å². The van der Waals surface area contributed by atoms with Gasteiger partial charge in [0.2, 0.25) is 5.91 Å². The Bertz CT molecular complexity index is 1090. The number of hydrogen-bond donors (Lipinski definition) is 0. The molecule has 1 saturated carbocycles. The van der Waals surface area contributed by atoms with E-state index in [1.165, 1.54) is 17.7 Å². The lowest BCUT2D eigenvalue weighted by Crippen LogP contribution is -2.34. The summed E-state index contributed by atoms with van der Waals surface area (Å²) in [7, 11) is 1.64. The van der Waals surface area contributed by atoms with Crippen molar-refractivity contribution in [2.75, 3.05) is 20.3 Å². The van der Waals surface area contributed by atoms with Crippen molar-refractivity contribution in [3.63, 3.8) is 0 Å². The molecule has 1 fully saturated rings. The molecular weight excluding hydrogens is 441 g/mol. The number of amides is 1. The molecule has 1 aromatic heterocycles. The van der Waals surface area contributed by atoms with Crippen LogP contribution < -0.4 is 0 Å². The summed E-state index contributed by atoms with van der Waals surface area (Å²) in [4.78, 5) is 15.3. The zero-order valence-electron chi connectivity index (χ0n) is 19.2. The average Bonchev–Trinajstić information content (AvgIpc) is 3.52. The first-order chi connectivity index (χ1) is 16.4. The van der Waals surface area contributed by atoms with E-state index in [0.29, 0.717) is 31.8 Å². The van der Waals surface area contributed by atoms with E-state index in [1.807, 2.05) is 46.0 Å². The van der Waals surface area contributed by atoms with Gasteiger partial charge in [0, 0.05) is 44.6 Å². The third-order valence-corrected chi connectivity index (χ3v) is 6.31. The van der Waals surface area contributed by atoms with Crippen molar-refractivity contribution in [2.24, 2.45) is 5.92 Å². The number of hydrogen-bond acceptors (Lipinski definition) is 2. The Labute approximate surface area is 198 Å². The van der Waals surface area contributed by atoms with Gasteiger partial charge in [0.15, 0.2) is 0 Å². The molecule has 1 heterocycles. The first kappa shape index (κ1) is 24.1. The number of halogens is 3. The van der Waals surface area contributed by atoms with E-state index < -0.39 is 11.7 Å². The van der Waals surface area contributed by atoms with Gasteiger partial charge in [-0.05, 0) is 54.2 Å². The van der Waals surface area contributed by atoms with Crippen molar-refractivity contribution < 1.29 is 22.7 Å². The predicted molar refractivity (Wildman–Crippen MR) is 124 cm³/mol. The second-order valence-corrected chi connectivity index (χ2v) is 8.79. The molecule has 4 nitrogen and oxygen atoms in total. The molecular formula is C27H29F3N2O2. The number of carbonyl (C=O) groups is 1. The Morgan fingerprint density at radius 2 is 1.88 bits per heavy atom. The Kier molecular flexibility index (Phi) is 7.41. The molecule has 1 amide bonds. The average molecular weight is 471 g/mol. The summed E-state index contributed by atoms with van der Waals surface area (Å²) >= 11 is 0. The highest BCUT2D eigenvalue weighted by Crippen LogP contribution is 2.48. The van der Waals surface area contributed by atoms with Crippen LogP contribution in [0.3, 0.4) is 0 Å². The van der Waals surface area contributed by atoms with Crippen molar-refractivity contribution in [1.29, 1.82) is 0 Å². The number of ether oxygens (including phenoxy) is 1. The fourth-order valence-electron chi connectivity index (χ4n) is 4.42. The minimum absolute atomic E-state index is 0.0307. The van der Waals surface area contributed by atoms with Gasteiger partial charge in [0.05, 0.1) is 12.1 Å². The van der Waals surface area contributed by atoms with Gasteiger partial charge in [-0.1, -0.05) is 42.5 Å². The van der Waals surface area contributed by atoms with Crippen LogP contribution in [0.2, 0.25) is 0 Å². The highest BCUT2D eigenvalue weighted by atomic mass is 19.4. The number of nitrogens with zero attached hydrogens (tertiary/aromatic N) is 2. The summed E-state index contributed by atoms with van der Waals surface area (Å²) in [6.45, 7) is 1.84. The first-order valence-electron chi connectivity index (χ1n) is 11.5. The Morgan fingerprint density at radius 1 is 1.09 bits per heavy atom. The molecule has 0 saturated heterocycles. The van der Waals surface area contributed by atoms with E-state index in [4.69, 9.17) is 4.74 Å². The maximum absolute atomic E-state index is 13.4. The number of rotatable bonds is 10. The molecule has 180 valence electrons. The van der Waals surface area contributed by atoms with Crippen LogP contribution in [-0.4, -0.2) is 35.6 Å². The molecule has 0 radical (unpaired) electrons. The second kappa shape index (κ2) is 10.5. The summed E-state index contributed by atoms with van der Waals surface area (Å²) in [5, 5.41) is 0. The highest BCUT2D eigenvalue weighted by Gasteiger charge is 2.45. The van der Waals surface area contributed by atoms with Gasteiger partial charge in [0.25, 0.3) is 0 Å². The zero-order chi connectivity index (χ0) is 24.1. The third kappa shape index (κ3) is 5.89. The molecule has 0 aliphatic heterocycles. The van der Waals surface area contributed by atoms with E-state index >= 15 is 0 Å². The van der Waals surface area contributed by atoms with Gasteiger partial charge < -0.3 is 14.2 Å². The molecule has 4 rings (SSSR count). The van der Waals surface area contributed by atoms with Crippen molar-refractivity contribution in [3.8, 4) is 0 Å². The van der Waals surface area contributed by atoms with Gasteiger partial charge in [-0.15, -0.1) is 0 Å². The summed E-state index contributed by atoms with van der Waals surface area (Å²) in [6, 6.07) is 19.2. The lowest BCUT2D eigenvalue weighted by Gasteiger charge is -2.24. The van der Waals surface area contributed by atoms with Crippen molar-refractivity contribution >= 4 is 5.91 Å². The molecule has 2 atom stereocenters. The minimum Gasteiger partial charge on any atom is -0.385 e. The molecule has 0 spiro atoms. The van der Waals surface area contributed by atoms with E-state index in [1.54, 1.807) is 13.2 Å². The third-order valence-electron chi connectivity index (χ3n) is 6.31. The van der Waals surface area contributed by atoms with Gasteiger partial charge in [-0.25, -0.2) is 0 Å². The largest absolute Gasteiger partial charge is 0.416 e. The van der Waals surface area contributed by atoms with Gasteiger partial charge in [-0.2, -0.15) is 13.2 Å². The standard InChI is InChI=1S/C27H29F3N2O2/c1-34-15-7-14-32(26(33)25-17-24(25)21-9-3-2-4-10-21)19-23-12-6-13-31(23)18-20-8-5-11-22(16-20)27(28,29)30/h2-6,8-13,16,24-25H,7,14-15,17-19H2,1H3. The van der Waals surface area contributed by atoms with Crippen LogP contribution in [-0.2, 0) is 28.8 Å². The Hall–Kier alpha value is -3.06. The summed E-state index contributed by atoms with van der Waals surface area (Å²) in [5.74, 6) is 0.337. The Balaban J connectivity index is 1.47. The molecule has 0 bridgehead atoms.